The molecule has 0 aliphatic rings. The third-order valence-electron chi connectivity index (χ3n) is 4.84. The Morgan fingerprint density at radius 2 is 1.79 bits per heavy atom. The van der Waals surface area contributed by atoms with Gasteiger partial charge < -0.3 is 8.83 Å². The molecular formula is C23H13ClO4S. The van der Waals surface area contributed by atoms with Crippen molar-refractivity contribution in [1.29, 1.82) is 0 Å². The summed E-state index contributed by atoms with van der Waals surface area (Å²) in [6.07, 6.45) is 0. The van der Waals surface area contributed by atoms with Crippen molar-refractivity contribution in [3.8, 4) is 11.1 Å². The highest BCUT2D eigenvalue weighted by atomic mass is 35.5. The number of furan rings is 1. The molecule has 5 rings (SSSR count). The van der Waals surface area contributed by atoms with Gasteiger partial charge in [0, 0.05) is 17.0 Å². The number of rotatable bonds is 3. The third kappa shape index (κ3) is 2.90. The molecule has 6 heteroatoms. The van der Waals surface area contributed by atoms with Gasteiger partial charge in [-0.15, -0.1) is 11.3 Å². The molecule has 142 valence electrons. The molecule has 0 aliphatic heterocycles. The molecule has 4 nitrogen and oxygen atoms in total. The molecule has 0 saturated heterocycles. The van der Waals surface area contributed by atoms with Gasteiger partial charge in [0.2, 0.25) is 5.78 Å². The lowest BCUT2D eigenvalue weighted by Gasteiger charge is -2.05. The van der Waals surface area contributed by atoms with Crippen molar-refractivity contribution in [3.63, 3.8) is 0 Å². The minimum atomic E-state index is -0.444. The summed E-state index contributed by atoms with van der Waals surface area (Å²) in [5, 5.41) is 1.41. The fourth-order valence-electron chi connectivity index (χ4n) is 3.55. The molecule has 3 heterocycles. The van der Waals surface area contributed by atoms with E-state index in [1.54, 1.807) is 18.2 Å². The van der Waals surface area contributed by atoms with Crippen molar-refractivity contribution in [3.05, 3.63) is 91.6 Å². The largest absolute Gasteiger partial charge is 0.452 e. The van der Waals surface area contributed by atoms with Gasteiger partial charge >= 0.3 is 5.63 Å². The van der Waals surface area contributed by atoms with Crippen LogP contribution in [0, 0.1) is 6.92 Å². The van der Waals surface area contributed by atoms with Crippen LogP contribution in [0.1, 0.15) is 21.0 Å². The molecule has 2 aromatic carbocycles. The summed E-state index contributed by atoms with van der Waals surface area (Å²) in [5.74, 6) is -0.0681. The predicted octanol–water partition coefficient (Wildman–Crippen LogP) is 6.46. The second-order valence-corrected chi connectivity index (χ2v) is 8.38. The fraction of sp³-hybridized carbons (Fsp3) is 0.0435. The van der Waals surface area contributed by atoms with Crippen LogP contribution in [-0.2, 0) is 0 Å². The highest BCUT2D eigenvalue weighted by Crippen LogP contribution is 2.41. The van der Waals surface area contributed by atoms with E-state index in [1.807, 2.05) is 43.3 Å². The second-order valence-electron chi connectivity index (χ2n) is 6.67. The highest BCUT2D eigenvalue weighted by Gasteiger charge is 2.26. The summed E-state index contributed by atoms with van der Waals surface area (Å²) in [7, 11) is 0. The van der Waals surface area contributed by atoms with E-state index < -0.39 is 5.63 Å². The van der Waals surface area contributed by atoms with Gasteiger partial charge in [-0.05, 0) is 42.3 Å². The van der Waals surface area contributed by atoms with Gasteiger partial charge in [0.15, 0.2) is 5.76 Å². The Hall–Kier alpha value is -3.15. The summed E-state index contributed by atoms with van der Waals surface area (Å²) in [5.41, 5.74) is 2.66. The zero-order chi connectivity index (χ0) is 20.1. The van der Waals surface area contributed by atoms with E-state index in [9.17, 15) is 9.59 Å². The van der Waals surface area contributed by atoms with E-state index in [1.165, 1.54) is 17.4 Å². The first-order valence-electron chi connectivity index (χ1n) is 8.88. The Bertz CT molecular complexity index is 1460. The maximum atomic E-state index is 13.3. The van der Waals surface area contributed by atoms with Crippen LogP contribution in [0.3, 0.4) is 0 Å². The molecule has 0 radical (unpaired) electrons. The fourth-order valence-corrected chi connectivity index (χ4v) is 4.53. The first-order valence-corrected chi connectivity index (χ1v) is 10.1. The Labute approximate surface area is 174 Å². The van der Waals surface area contributed by atoms with Crippen molar-refractivity contribution in [2.24, 2.45) is 0 Å². The summed E-state index contributed by atoms with van der Waals surface area (Å²) in [6, 6.07) is 17.9. The maximum Gasteiger partial charge on any atom is 0.336 e. The number of fused-ring (bicyclic) bond motifs is 3. The van der Waals surface area contributed by atoms with Crippen molar-refractivity contribution in [2.75, 3.05) is 0 Å². The number of hydrogen-bond donors (Lipinski definition) is 0. The molecule has 0 atom stereocenters. The van der Waals surface area contributed by atoms with Gasteiger partial charge in [-0.3, -0.25) is 4.79 Å². The van der Waals surface area contributed by atoms with E-state index in [-0.39, 0.29) is 11.5 Å². The minimum absolute atomic E-state index is 0.196. The van der Waals surface area contributed by atoms with Gasteiger partial charge in [0.05, 0.1) is 14.6 Å². The molecule has 3 aromatic heterocycles. The van der Waals surface area contributed by atoms with Crippen LogP contribution in [0.4, 0.5) is 0 Å². The number of benzene rings is 2. The van der Waals surface area contributed by atoms with E-state index >= 15 is 0 Å². The predicted molar refractivity (Wildman–Crippen MR) is 115 cm³/mol. The molecule has 5 aromatic rings. The maximum absolute atomic E-state index is 13.3. The van der Waals surface area contributed by atoms with Crippen LogP contribution < -0.4 is 5.63 Å². The Morgan fingerprint density at radius 3 is 2.52 bits per heavy atom. The Morgan fingerprint density at radius 1 is 1.00 bits per heavy atom. The Kier molecular flexibility index (Phi) is 4.15. The first kappa shape index (κ1) is 17.9. The lowest BCUT2D eigenvalue weighted by atomic mass is 9.98. The molecule has 0 fully saturated rings. The zero-order valence-corrected chi connectivity index (χ0v) is 16.8. The zero-order valence-electron chi connectivity index (χ0n) is 15.2. The van der Waals surface area contributed by atoms with Crippen LogP contribution in [0.5, 0.6) is 0 Å². The summed E-state index contributed by atoms with van der Waals surface area (Å²) < 4.78 is 12.1. The quantitative estimate of drug-likeness (QED) is 0.248. The molecule has 29 heavy (non-hydrogen) atoms. The van der Waals surface area contributed by atoms with Gasteiger partial charge in [-0.1, -0.05) is 41.9 Å². The third-order valence-corrected chi connectivity index (χ3v) is 6.07. The number of hydrogen-bond acceptors (Lipinski definition) is 5. The highest BCUT2D eigenvalue weighted by molar-refractivity contribution is 7.18. The molecule has 0 aliphatic carbocycles. The number of carbonyl (C=O) groups excluding carboxylic acids is 1. The summed E-state index contributed by atoms with van der Waals surface area (Å²) in [4.78, 5) is 25.8. The topological polar surface area (TPSA) is 60.4 Å². The van der Waals surface area contributed by atoms with Gasteiger partial charge in [0.1, 0.15) is 11.2 Å². The van der Waals surface area contributed by atoms with Crippen molar-refractivity contribution < 1.29 is 13.6 Å². The molecule has 0 unspecified atom stereocenters. The number of carbonyl (C=O) groups is 1. The normalized spacial score (nSPS) is 11.4. The van der Waals surface area contributed by atoms with Gasteiger partial charge in [-0.25, -0.2) is 4.79 Å². The number of ketones is 1. The molecule has 0 bridgehead atoms. The number of thiophene rings is 1. The van der Waals surface area contributed by atoms with E-state index in [4.69, 9.17) is 20.4 Å². The molecule has 0 spiro atoms. The van der Waals surface area contributed by atoms with Gasteiger partial charge in [0.25, 0.3) is 0 Å². The number of aryl methyl sites for hydroxylation is 1. The molecular weight excluding hydrogens is 408 g/mol. The van der Waals surface area contributed by atoms with Crippen LogP contribution in [0.25, 0.3) is 33.1 Å². The average molecular weight is 421 g/mol. The monoisotopic (exact) mass is 420 g/mol. The molecule has 0 amide bonds. The average Bonchev–Trinajstić information content (AvgIpc) is 3.32. The SMILES string of the molecule is Cc1cc(=O)oc2c1ccc1oc(C(=O)c3ccc(Cl)s3)c(-c3ccccc3)c12. The van der Waals surface area contributed by atoms with Crippen LogP contribution in [0.2, 0.25) is 4.34 Å². The van der Waals surface area contributed by atoms with E-state index in [0.29, 0.717) is 31.3 Å². The lowest BCUT2D eigenvalue weighted by Crippen LogP contribution is -2.00. The number of halogens is 1. The molecule has 0 saturated carbocycles. The smallest absolute Gasteiger partial charge is 0.336 e. The Balaban J connectivity index is 1.92. The summed E-state index contributed by atoms with van der Waals surface area (Å²) in [6.45, 7) is 1.85. The van der Waals surface area contributed by atoms with Crippen molar-refractivity contribution in [1.82, 2.24) is 0 Å². The van der Waals surface area contributed by atoms with Crippen LogP contribution in [-0.4, -0.2) is 5.78 Å². The van der Waals surface area contributed by atoms with Crippen molar-refractivity contribution >= 4 is 50.7 Å². The standard InChI is InChI=1S/C23H13ClO4S/c1-12-11-18(25)28-22-14(12)7-8-15-20(22)19(13-5-3-2-4-6-13)23(27-15)21(26)16-9-10-17(24)29-16/h2-11H,1H3. The summed E-state index contributed by atoms with van der Waals surface area (Å²) >= 11 is 7.22. The van der Waals surface area contributed by atoms with Crippen LogP contribution in [0.15, 0.2) is 74.3 Å². The van der Waals surface area contributed by atoms with E-state index in [0.717, 1.165) is 16.5 Å². The van der Waals surface area contributed by atoms with E-state index in [2.05, 4.69) is 0 Å². The first-order chi connectivity index (χ1) is 14.0. The molecule has 0 N–H and O–H groups in total. The minimum Gasteiger partial charge on any atom is -0.452 e. The second kappa shape index (κ2) is 6.72. The van der Waals surface area contributed by atoms with Crippen LogP contribution >= 0.6 is 22.9 Å². The van der Waals surface area contributed by atoms with Gasteiger partial charge in [-0.2, -0.15) is 0 Å². The lowest BCUT2D eigenvalue weighted by molar-refractivity contribution is 0.102. The van der Waals surface area contributed by atoms with Crippen molar-refractivity contribution in [2.45, 2.75) is 6.92 Å².